The van der Waals surface area contributed by atoms with Gasteiger partial charge in [0.2, 0.25) is 10.0 Å². The molecule has 6 heteroatoms. The zero-order valence-electron chi connectivity index (χ0n) is 12.3. The van der Waals surface area contributed by atoms with Gasteiger partial charge in [-0.3, -0.25) is 4.90 Å². The van der Waals surface area contributed by atoms with Gasteiger partial charge in [0, 0.05) is 32.2 Å². The molecule has 1 aliphatic carbocycles. The molecule has 1 N–H and O–H groups in total. The van der Waals surface area contributed by atoms with E-state index in [0.29, 0.717) is 25.0 Å². The molecule has 0 aromatic rings. The molecule has 0 spiro atoms. The summed E-state index contributed by atoms with van der Waals surface area (Å²) in [7, 11) is -3.09. The fourth-order valence-electron chi connectivity index (χ4n) is 3.84. The van der Waals surface area contributed by atoms with E-state index in [0.717, 1.165) is 38.8 Å². The van der Waals surface area contributed by atoms with E-state index in [-0.39, 0.29) is 0 Å². The molecule has 0 aromatic heterocycles. The van der Waals surface area contributed by atoms with Crippen LogP contribution in [0.3, 0.4) is 0 Å². The van der Waals surface area contributed by atoms with Crippen molar-refractivity contribution in [2.24, 2.45) is 5.92 Å². The molecule has 2 unspecified atom stereocenters. The molecular weight excluding hydrogens is 276 g/mol. The number of piperidine rings is 1. The third-order valence-electron chi connectivity index (χ3n) is 5.04. The second kappa shape index (κ2) is 5.23. The first-order valence-corrected chi connectivity index (χ1v) is 9.62. The van der Waals surface area contributed by atoms with Crippen LogP contribution in [0.2, 0.25) is 0 Å². The quantitative estimate of drug-likeness (QED) is 0.828. The highest BCUT2D eigenvalue weighted by molar-refractivity contribution is 7.88. The summed E-state index contributed by atoms with van der Waals surface area (Å²) >= 11 is 0. The third-order valence-corrected chi connectivity index (χ3v) is 6.31. The fraction of sp³-hybridized carbons (Fsp3) is 1.00. The lowest BCUT2D eigenvalue weighted by Crippen LogP contribution is -2.43. The van der Waals surface area contributed by atoms with Crippen molar-refractivity contribution in [3.05, 3.63) is 0 Å². The molecule has 5 nitrogen and oxygen atoms in total. The highest BCUT2D eigenvalue weighted by atomic mass is 32.2. The van der Waals surface area contributed by atoms with Gasteiger partial charge in [0.15, 0.2) is 0 Å². The average Bonchev–Trinajstić information content (AvgIpc) is 3.13. The number of β-amino-alcohol motifs (C(OH)–C–C–N with tert-alkyl or cyclic N) is 1. The van der Waals surface area contributed by atoms with Gasteiger partial charge >= 0.3 is 0 Å². The van der Waals surface area contributed by atoms with Crippen molar-refractivity contribution >= 4 is 10.0 Å². The molecule has 0 radical (unpaired) electrons. The van der Waals surface area contributed by atoms with Crippen molar-refractivity contribution in [1.29, 1.82) is 0 Å². The topological polar surface area (TPSA) is 60.9 Å². The highest BCUT2D eigenvalue weighted by Crippen LogP contribution is 2.37. The van der Waals surface area contributed by atoms with Crippen LogP contribution in [0.4, 0.5) is 0 Å². The monoisotopic (exact) mass is 302 g/mol. The van der Waals surface area contributed by atoms with Crippen molar-refractivity contribution in [2.45, 2.75) is 50.2 Å². The zero-order chi connectivity index (χ0) is 14.4. The average molecular weight is 302 g/mol. The van der Waals surface area contributed by atoms with Crippen molar-refractivity contribution in [2.75, 3.05) is 32.4 Å². The Morgan fingerprint density at radius 1 is 1.25 bits per heavy atom. The molecule has 3 aliphatic rings. The molecule has 116 valence electrons. The minimum Gasteiger partial charge on any atom is -0.388 e. The third kappa shape index (κ3) is 3.35. The molecular formula is C14H26N2O3S. The molecule has 0 bridgehead atoms. The molecule has 2 heterocycles. The molecule has 2 atom stereocenters. The SMILES string of the molecule is CS(=O)(=O)N1CCCC(CC2(O)CCN(C3CC3)C2)C1. The van der Waals surface area contributed by atoms with Gasteiger partial charge in [-0.25, -0.2) is 12.7 Å². The first-order valence-electron chi connectivity index (χ1n) is 7.77. The predicted octanol–water partition coefficient (Wildman–Crippen LogP) is 0.647. The van der Waals surface area contributed by atoms with Crippen LogP contribution in [-0.2, 0) is 10.0 Å². The standard InChI is InChI=1S/C14H26N2O3S/c1-20(18,19)16-7-2-3-12(10-16)9-14(17)6-8-15(11-14)13-4-5-13/h12-13,17H,2-11H2,1H3. The van der Waals surface area contributed by atoms with Crippen LogP contribution in [0, 0.1) is 5.92 Å². The Morgan fingerprint density at radius 3 is 2.65 bits per heavy atom. The van der Waals surface area contributed by atoms with Gasteiger partial charge in [0.05, 0.1) is 11.9 Å². The maximum absolute atomic E-state index is 11.7. The first kappa shape index (κ1) is 14.8. The van der Waals surface area contributed by atoms with Gasteiger partial charge in [0.25, 0.3) is 0 Å². The predicted molar refractivity (Wildman–Crippen MR) is 77.9 cm³/mol. The number of aliphatic hydroxyl groups is 1. The van der Waals surface area contributed by atoms with Crippen molar-refractivity contribution in [1.82, 2.24) is 9.21 Å². The van der Waals surface area contributed by atoms with Gasteiger partial charge < -0.3 is 5.11 Å². The molecule has 1 saturated carbocycles. The van der Waals surface area contributed by atoms with Gasteiger partial charge in [-0.1, -0.05) is 0 Å². The molecule has 0 amide bonds. The molecule has 2 aliphatic heterocycles. The Balaban J connectivity index is 1.57. The normalized spacial score (nSPS) is 37.4. The van der Waals surface area contributed by atoms with Crippen LogP contribution in [-0.4, -0.2) is 66.8 Å². The number of likely N-dealkylation sites (tertiary alicyclic amines) is 1. The van der Waals surface area contributed by atoms with Crippen molar-refractivity contribution in [3.63, 3.8) is 0 Å². The molecule has 2 saturated heterocycles. The Labute approximate surface area is 122 Å². The molecule has 3 fully saturated rings. The van der Waals surface area contributed by atoms with E-state index in [1.807, 2.05) is 0 Å². The lowest BCUT2D eigenvalue weighted by Gasteiger charge is -2.35. The summed E-state index contributed by atoms with van der Waals surface area (Å²) in [5, 5.41) is 10.8. The Kier molecular flexibility index (Phi) is 3.86. The van der Waals surface area contributed by atoms with Gasteiger partial charge in [0.1, 0.15) is 0 Å². The molecule has 3 rings (SSSR count). The van der Waals surface area contributed by atoms with Crippen LogP contribution in [0.25, 0.3) is 0 Å². The van der Waals surface area contributed by atoms with E-state index in [1.54, 1.807) is 4.31 Å². The van der Waals surface area contributed by atoms with E-state index in [2.05, 4.69) is 4.90 Å². The molecule has 0 aromatic carbocycles. The lowest BCUT2D eigenvalue weighted by atomic mass is 9.85. The maximum atomic E-state index is 11.7. The Hall–Kier alpha value is -0.170. The van der Waals surface area contributed by atoms with Crippen LogP contribution in [0.15, 0.2) is 0 Å². The highest BCUT2D eigenvalue weighted by Gasteiger charge is 2.43. The van der Waals surface area contributed by atoms with E-state index in [9.17, 15) is 13.5 Å². The number of hydrogen-bond donors (Lipinski definition) is 1. The van der Waals surface area contributed by atoms with Crippen LogP contribution in [0.1, 0.15) is 38.5 Å². The minimum atomic E-state index is -3.09. The summed E-state index contributed by atoms with van der Waals surface area (Å²) in [4.78, 5) is 2.41. The van der Waals surface area contributed by atoms with Crippen LogP contribution >= 0.6 is 0 Å². The zero-order valence-corrected chi connectivity index (χ0v) is 13.1. The lowest BCUT2D eigenvalue weighted by molar-refractivity contribution is 0.0158. The summed E-state index contributed by atoms with van der Waals surface area (Å²) in [5.41, 5.74) is -0.590. The Morgan fingerprint density at radius 2 is 2.00 bits per heavy atom. The number of hydrogen-bond acceptors (Lipinski definition) is 4. The van der Waals surface area contributed by atoms with Crippen molar-refractivity contribution < 1.29 is 13.5 Å². The van der Waals surface area contributed by atoms with E-state index >= 15 is 0 Å². The summed E-state index contributed by atoms with van der Waals surface area (Å²) in [6, 6.07) is 0.711. The number of rotatable bonds is 4. The summed E-state index contributed by atoms with van der Waals surface area (Å²) < 4.78 is 24.9. The summed E-state index contributed by atoms with van der Waals surface area (Å²) in [5.74, 6) is 0.308. The van der Waals surface area contributed by atoms with Crippen LogP contribution < -0.4 is 0 Å². The van der Waals surface area contributed by atoms with E-state index < -0.39 is 15.6 Å². The van der Waals surface area contributed by atoms with E-state index in [1.165, 1.54) is 19.1 Å². The Bertz CT molecular complexity index is 463. The minimum absolute atomic E-state index is 0.308. The summed E-state index contributed by atoms with van der Waals surface area (Å²) in [6.07, 6.45) is 7.40. The first-order chi connectivity index (χ1) is 9.36. The fourth-order valence-corrected chi connectivity index (χ4v) is 4.78. The van der Waals surface area contributed by atoms with Crippen molar-refractivity contribution in [3.8, 4) is 0 Å². The number of sulfonamides is 1. The smallest absolute Gasteiger partial charge is 0.211 e. The van der Waals surface area contributed by atoms with E-state index in [4.69, 9.17) is 0 Å². The second-order valence-electron chi connectivity index (χ2n) is 7.01. The number of nitrogens with zero attached hydrogens (tertiary/aromatic N) is 2. The summed E-state index contributed by atoms with van der Waals surface area (Å²) in [6.45, 7) is 3.02. The van der Waals surface area contributed by atoms with Crippen LogP contribution in [0.5, 0.6) is 0 Å². The molecule has 20 heavy (non-hydrogen) atoms. The maximum Gasteiger partial charge on any atom is 0.211 e. The van der Waals surface area contributed by atoms with Gasteiger partial charge in [-0.15, -0.1) is 0 Å². The second-order valence-corrected chi connectivity index (χ2v) is 8.99. The largest absolute Gasteiger partial charge is 0.388 e. The van der Waals surface area contributed by atoms with Gasteiger partial charge in [-0.2, -0.15) is 0 Å². The van der Waals surface area contributed by atoms with Gasteiger partial charge in [-0.05, 0) is 44.4 Å².